The summed E-state index contributed by atoms with van der Waals surface area (Å²) in [5, 5.41) is 8.64. The fraction of sp³-hybridized carbons (Fsp3) is 0.625. The van der Waals surface area contributed by atoms with Crippen molar-refractivity contribution in [3.05, 3.63) is 21.4 Å². The van der Waals surface area contributed by atoms with E-state index in [-0.39, 0.29) is 12.3 Å². The Labute approximate surface area is 129 Å². The second-order valence-corrected chi connectivity index (χ2v) is 6.94. The van der Waals surface area contributed by atoms with Crippen LogP contribution in [0.15, 0.2) is 6.07 Å². The molecule has 4 nitrogen and oxygen atoms in total. The van der Waals surface area contributed by atoms with Crippen molar-refractivity contribution in [1.29, 1.82) is 0 Å². The Hall–Kier alpha value is -1.36. The average Bonchev–Trinajstić information content (AvgIpc) is 2.88. The lowest BCUT2D eigenvalue weighted by Crippen LogP contribution is -2.27. The zero-order valence-corrected chi connectivity index (χ0v) is 13.5. The van der Waals surface area contributed by atoms with Crippen LogP contribution < -0.4 is 0 Å². The SMILES string of the molecule is CCC1CCc2sc(C(=O)N(C)CCCC(=O)O)cc2C1. The molecule has 1 amide bonds. The molecular formula is C16H23NO3S. The molecule has 0 aromatic carbocycles. The van der Waals surface area contributed by atoms with Gasteiger partial charge in [0.2, 0.25) is 0 Å². The molecule has 0 fully saturated rings. The van der Waals surface area contributed by atoms with Crippen molar-refractivity contribution < 1.29 is 14.7 Å². The first-order valence-electron chi connectivity index (χ1n) is 7.60. The standard InChI is InChI=1S/C16H23NO3S/c1-3-11-6-7-13-12(9-11)10-14(21-13)16(20)17(2)8-4-5-15(18)19/h10-11H,3-9H2,1-2H3,(H,18,19). The zero-order valence-electron chi connectivity index (χ0n) is 12.7. The summed E-state index contributed by atoms with van der Waals surface area (Å²) in [7, 11) is 1.75. The maximum atomic E-state index is 12.4. The Morgan fingerprint density at radius 2 is 2.24 bits per heavy atom. The molecule has 2 rings (SSSR count). The Morgan fingerprint density at radius 3 is 2.90 bits per heavy atom. The highest BCUT2D eigenvalue weighted by molar-refractivity contribution is 7.14. The van der Waals surface area contributed by atoms with E-state index in [0.29, 0.717) is 13.0 Å². The number of nitrogens with zero attached hydrogens (tertiary/aromatic N) is 1. The molecule has 116 valence electrons. The molecule has 0 aliphatic heterocycles. The molecule has 1 aromatic rings. The minimum atomic E-state index is -0.812. The number of hydrogen-bond donors (Lipinski definition) is 1. The Bertz CT molecular complexity index is 524. The second kappa shape index (κ2) is 7.07. The average molecular weight is 309 g/mol. The second-order valence-electron chi connectivity index (χ2n) is 5.80. The third-order valence-corrected chi connectivity index (χ3v) is 5.43. The van der Waals surface area contributed by atoms with Gasteiger partial charge in [0.15, 0.2) is 0 Å². The van der Waals surface area contributed by atoms with Crippen molar-refractivity contribution in [2.75, 3.05) is 13.6 Å². The zero-order chi connectivity index (χ0) is 15.4. The summed E-state index contributed by atoms with van der Waals surface area (Å²) in [5.41, 5.74) is 1.35. The molecule has 1 atom stereocenters. The molecule has 1 unspecified atom stereocenters. The molecule has 1 heterocycles. The van der Waals surface area contributed by atoms with Gasteiger partial charge in [-0.1, -0.05) is 13.3 Å². The van der Waals surface area contributed by atoms with Gasteiger partial charge in [-0.2, -0.15) is 0 Å². The van der Waals surface area contributed by atoms with Gasteiger partial charge in [0.05, 0.1) is 4.88 Å². The number of thiophene rings is 1. The predicted molar refractivity (Wildman–Crippen MR) is 84.0 cm³/mol. The Kier molecular flexibility index (Phi) is 5.39. The summed E-state index contributed by atoms with van der Waals surface area (Å²) in [6.45, 7) is 2.72. The highest BCUT2D eigenvalue weighted by Crippen LogP contribution is 2.33. The van der Waals surface area contributed by atoms with E-state index < -0.39 is 5.97 Å². The molecular weight excluding hydrogens is 286 g/mol. The topological polar surface area (TPSA) is 57.6 Å². The molecule has 0 spiro atoms. The van der Waals surface area contributed by atoms with Crippen LogP contribution in [-0.2, 0) is 17.6 Å². The van der Waals surface area contributed by atoms with Crippen LogP contribution in [-0.4, -0.2) is 35.5 Å². The van der Waals surface area contributed by atoms with Gasteiger partial charge in [-0.3, -0.25) is 9.59 Å². The van der Waals surface area contributed by atoms with Gasteiger partial charge in [0, 0.05) is 24.9 Å². The monoisotopic (exact) mass is 309 g/mol. The largest absolute Gasteiger partial charge is 0.481 e. The van der Waals surface area contributed by atoms with Crippen LogP contribution in [0.5, 0.6) is 0 Å². The number of rotatable bonds is 6. The van der Waals surface area contributed by atoms with Crippen molar-refractivity contribution in [3.63, 3.8) is 0 Å². The smallest absolute Gasteiger partial charge is 0.303 e. The van der Waals surface area contributed by atoms with Crippen molar-refractivity contribution in [3.8, 4) is 0 Å². The van der Waals surface area contributed by atoms with E-state index in [4.69, 9.17) is 5.11 Å². The molecule has 5 heteroatoms. The van der Waals surface area contributed by atoms with E-state index in [1.54, 1.807) is 23.3 Å². The van der Waals surface area contributed by atoms with Crippen molar-refractivity contribution in [2.45, 2.75) is 45.4 Å². The van der Waals surface area contributed by atoms with Crippen LogP contribution in [0, 0.1) is 5.92 Å². The minimum absolute atomic E-state index is 0.0211. The molecule has 21 heavy (non-hydrogen) atoms. The number of carboxylic acids is 1. The molecule has 0 saturated heterocycles. The molecule has 1 N–H and O–H groups in total. The number of hydrogen-bond acceptors (Lipinski definition) is 3. The molecule has 1 aliphatic rings. The number of carboxylic acid groups (broad SMARTS) is 1. The van der Waals surface area contributed by atoms with Gasteiger partial charge in [0.25, 0.3) is 5.91 Å². The maximum Gasteiger partial charge on any atom is 0.303 e. The van der Waals surface area contributed by atoms with Gasteiger partial charge in [-0.05, 0) is 43.2 Å². The van der Waals surface area contributed by atoms with Crippen molar-refractivity contribution in [1.82, 2.24) is 4.90 Å². The third-order valence-electron chi connectivity index (χ3n) is 4.20. The van der Waals surface area contributed by atoms with Crippen LogP contribution >= 0.6 is 11.3 Å². The number of fused-ring (bicyclic) bond motifs is 1. The lowest BCUT2D eigenvalue weighted by atomic mass is 9.87. The normalized spacial score (nSPS) is 17.3. The van der Waals surface area contributed by atoms with Gasteiger partial charge in [-0.25, -0.2) is 0 Å². The Balaban J connectivity index is 1.97. The fourth-order valence-corrected chi connectivity index (χ4v) is 4.01. The lowest BCUT2D eigenvalue weighted by Gasteiger charge is -2.19. The van der Waals surface area contributed by atoms with E-state index in [9.17, 15) is 9.59 Å². The number of amides is 1. The molecule has 1 aromatic heterocycles. The van der Waals surface area contributed by atoms with Crippen LogP contribution in [0.2, 0.25) is 0 Å². The third kappa shape index (κ3) is 4.06. The number of aliphatic carboxylic acids is 1. The summed E-state index contributed by atoms with van der Waals surface area (Å²) in [5.74, 6) is -0.0378. The molecule has 0 bridgehead atoms. The summed E-state index contributed by atoms with van der Waals surface area (Å²) in [6.07, 6.45) is 5.23. The van der Waals surface area contributed by atoms with E-state index in [0.717, 1.165) is 23.6 Å². The van der Waals surface area contributed by atoms with Gasteiger partial charge < -0.3 is 10.0 Å². The quantitative estimate of drug-likeness (QED) is 0.878. The van der Waals surface area contributed by atoms with Gasteiger partial charge in [-0.15, -0.1) is 11.3 Å². The number of aryl methyl sites for hydroxylation is 1. The molecule has 0 radical (unpaired) electrons. The first-order valence-corrected chi connectivity index (χ1v) is 8.41. The highest BCUT2D eigenvalue weighted by atomic mass is 32.1. The molecule has 0 saturated carbocycles. The van der Waals surface area contributed by atoms with E-state index in [1.807, 2.05) is 0 Å². The minimum Gasteiger partial charge on any atom is -0.481 e. The molecule has 1 aliphatic carbocycles. The maximum absolute atomic E-state index is 12.4. The highest BCUT2D eigenvalue weighted by Gasteiger charge is 2.23. The van der Waals surface area contributed by atoms with E-state index in [2.05, 4.69) is 13.0 Å². The van der Waals surface area contributed by atoms with Crippen molar-refractivity contribution >= 4 is 23.2 Å². The Morgan fingerprint density at radius 1 is 1.48 bits per heavy atom. The summed E-state index contributed by atoms with van der Waals surface area (Å²) in [4.78, 5) is 26.7. The lowest BCUT2D eigenvalue weighted by molar-refractivity contribution is -0.137. The van der Waals surface area contributed by atoms with Crippen LogP contribution in [0.1, 0.15) is 52.7 Å². The predicted octanol–water partition coefficient (Wildman–Crippen LogP) is 3.20. The number of carbonyl (C=O) groups is 2. The van der Waals surface area contributed by atoms with E-state index >= 15 is 0 Å². The number of carbonyl (C=O) groups excluding carboxylic acids is 1. The van der Waals surface area contributed by atoms with Crippen LogP contribution in [0.3, 0.4) is 0 Å². The first kappa shape index (κ1) is 16.0. The fourth-order valence-electron chi connectivity index (χ4n) is 2.81. The van der Waals surface area contributed by atoms with Gasteiger partial charge in [0.1, 0.15) is 0 Å². The summed E-state index contributed by atoms with van der Waals surface area (Å²) >= 11 is 1.62. The first-order chi connectivity index (χ1) is 10.0. The summed E-state index contributed by atoms with van der Waals surface area (Å²) < 4.78 is 0. The van der Waals surface area contributed by atoms with Crippen LogP contribution in [0.25, 0.3) is 0 Å². The van der Waals surface area contributed by atoms with Gasteiger partial charge >= 0.3 is 5.97 Å². The van der Waals surface area contributed by atoms with E-state index in [1.165, 1.54) is 23.3 Å². The van der Waals surface area contributed by atoms with Crippen molar-refractivity contribution in [2.24, 2.45) is 5.92 Å². The summed E-state index contributed by atoms with van der Waals surface area (Å²) in [6, 6.07) is 2.05. The van der Waals surface area contributed by atoms with Crippen LogP contribution in [0.4, 0.5) is 0 Å².